The summed E-state index contributed by atoms with van der Waals surface area (Å²) in [7, 11) is -3.44. The third kappa shape index (κ3) is 3.56. The van der Waals surface area contributed by atoms with Crippen LogP contribution in [0.1, 0.15) is 24.6 Å². The van der Waals surface area contributed by atoms with Crippen molar-refractivity contribution in [2.45, 2.75) is 36.6 Å². The molecule has 0 amide bonds. The van der Waals surface area contributed by atoms with Gasteiger partial charge in [-0.05, 0) is 41.8 Å². The minimum absolute atomic E-state index is 0.177. The van der Waals surface area contributed by atoms with Crippen molar-refractivity contribution in [2.24, 2.45) is 0 Å². The average molecular weight is 403 g/mol. The molecule has 1 aromatic rings. The Kier molecular flexibility index (Phi) is 5.90. The third-order valence-corrected chi connectivity index (χ3v) is 7.86. The number of nitrogens with zero attached hydrogens (tertiary/aromatic N) is 1. The van der Waals surface area contributed by atoms with E-state index in [1.54, 1.807) is 6.07 Å². The molecule has 1 aliphatic heterocycles. The maximum Gasteiger partial charge on any atom is 0.245 e. The standard InChI is InChI=1S/C12H17BrClNO3S2/c1-2-18-9-3-5-15(6-4-9)20(16,17)11-7-10(8-14)19-12(11)13/h7,9H,2-6,8H2,1H3. The van der Waals surface area contributed by atoms with Gasteiger partial charge in [-0.25, -0.2) is 8.42 Å². The molecule has 0 aromatic carbocycles. The Morgan fingerprint density at radius 1 is 1.50 bits per heavy atom. The molecule has 1 aliphatic rings. The van der Waals surface area contributed by atoms with Gasteiger partial charge in [0.15, 0.2) is 0 Å². The second kappa shape index (κ2) is 7.07. The fourth-order valence-corrected chi connectivity index (χ4v) is 6.45. The minimum atomic E-state index is -3.44. The van der Waals surface area contributed by atoms with Gasteiger partial charge in [-0.2, -0.15) is 4.31 Å². The zero-order chi connectivity index (χ0) is 14.8. The molecule has 0 saturated carbocycles. The molecule has 1 fully saturated rings. The lowest BCUT2D eigenvalue weighted by molar-refractivity contribution is 0.0290. The SMILES string of the molecule is CCOC1CCN(S(=O)(=O)c2cc(CCl)sc2Br)CC1. The molecular formula is C12H17BrClNO3S2. The zero-order valence-electron chi connectivity index (χ0n) is 11.1. The highest BCUT2D eigenvalue weighted by Crippen LogP contribution is 2.35. The normalized spacial score (nSPS) is 18.6. The van der Waals surface area contributed by atoms with Gasteiger partial charge in [0.25, 0.3) is 0 Å². The van der Waals surface area contributed by atoms with Crippen LogP contribution in [-0.2, 0) is 20.6 Å². The molecule has 1 aromatic heterocycles. The van der Waals surface area contributed by atoms with Crippen LogP contribution in [0.3, 0.4) is 0 Å². The Morgan fingerprint density at radius 2 is 2.15 bits per heavy atom. The third-order valence-electron chi connectivity index (χ3n) is 3.26. The van der Waals surface area contributed by atoms with Crippen LogP contribution in [-0.4, -0.2) is 38.5 Å². The lowest BCUT2D eigenvalue weighted by Crippen LogP contribution is -2.40. The number of piperidine rings is 1. The molecule has 114 valence electrons. The average Bonchev–Trinajstić information content (AvgIpc) is 2.82. The molecular weight excluding hydrogens is 386 g/mol. The smallest absolute Gasteiger partial charge is 0.245 e. The molecule has 0 aliphatic carbocycles. The van der Waals surface area contributed by atoms with E-state index >= 15 is 0 Å². The van der Waals surface area contributed by atoms with E-state index in [1.807, 2.05) is 6.92 Å². The van der Waals surface area contributed by atoms with E-state index in [0.717, 1.165) is 17.7 Å². The predicted molar refractivity (Wildman–Crippen MR) is 85.0 cm³/mol. The molecule has 0 spiro atoms. The molecule has 1 saturated heterocycles. The van der Waals surface area contributed by atoms with E-state index < -0.39 is 10.0 Å². The summed E-state index contributed by atoms with van der Waals surface area (Å²) in [5.41, 5.74) is 0. The summed E-state index contributed by atoms with van der Waals surface area (Å²) in [6.07, 6.45) is 1.67. The Balaban J connectivity index is 2.13. The van der Waals surface area contributed by atoms with Crippen molar-refractivity contribution in [1.29, 1.82) is 0 Å². The van der Waals surface area contributed by atoms with Crippen LogP contribution in [0.2, 0.25) is 0 Å². The van der Waals surface area contributed by atoms with E-state index in [0.29, 0.717) is 34.3 Å². The quantitative estimate of drug-likeness (QED) is 0.709. The number of ether oxygens (including phenoxy) is 1. The summed E-state index contributed by atoms with van der Waals surface area (Å²) in [6, 6.07) is 1.66. The molecule has 2 heterocycles. The molecule has 0 radical (unpaired) electrons. The van der Waals surface area contributed by atoms with Crippen LogP contribution < -0.4 is 0 Å². The first-order chi connectivity index (χ1) is 9.48. The number of hydrogen-bond acceptors (Lipinski definition) is 4. The fourth-order valence-electron chi connectivity index (χ4n) is 2.25. The van der Waals surface area contributed by atoms with Crippen molar-refractivity contribution in [2.75, 3.05) is 19.7 Å². The van der Waals surface area contributed by atoms with Crippen LogP contribution in [0.4, 0.5) is 0 Å². The zero-order valence-corrected chi connectivity index (χ0v) is 15.1. The van der Waals surface area contributed by atoms with Gasteiger partial charge >= 0.3 is 0 Å². The lowest BCUT2D eigenvalue weighted by atomic mass is 10.1. The Labute approximate surface area is 137 Å². The molecule has 0 atom stereocenters. The number of sulfonamides is 1. The van der Waals surface area contributed by atoms with Gasteiger partial charge in [0, 0.05) is 24.6 Å². The van der Waals surface area contributed by atoms with Gasteiger partial charge in [0.1, 0.15) is 4.90 Å². The molecule has 4 nitrogen and oxygen atoms in total. The van der Waals surface area contributed by atoms with Crippen molar-refractivity contribution < 1.29 is 13.2 Å². The largest absolute Gasteiger partial charge is 0.378 e. The summed E-state index contributed by atoms with van der Waals surface area (Å²) in [4.78, 5) is 1.18. The maximum absolute atomic E-state index is 12.6. The summed E-state index contributed by atoms with van der Waals surface area (Å²) in [6.45, 7) is 3.64. The molecule has 8 heteroatoms. The van der Waals surface area contributed by atoms with E-state index in [1.165, 1.54) is 15.6 Å². The van der Waals surface area contributed by atoms with Crippen LogP contribution >= 0.6 is 38.9 Å². The predicted octanol–water partition coefficient (Wildman–Crippen LogP) is 3.44. The van der Waals surface area contributed by atoms with Gasteiger partial charge in [-0.3, -0.25) is 0 Å². The van der Waals surface area contributed by atoms with E-state index in [4.69, 9.17) is 16.3 Å². The van der Waals surface area contributed by atoms with Crippen molar-refractivity contribution >= 4 is 48.9 Å². The van der Waals surface area contributed by atoms with Crippen LogP contribution in [0, 0.1) is 0 Å². The minimum Gasteiger partial charge on any atom is -0.378 e. The number of thiophene rings is 1. The second-order valence-corrected chi connectivity index (χ2v) is 9.17. The van der Waals surface area contributed by atoms with E-state index in [2.05, 4.69) is 15.9 Å². The van der Waals surface area contributed by atoms with Crippen molar-refractivity contribution in [3.8, 4) is 0 Å². The first kappa shape index (κ1) is 16.7. The Hall–Kier alpha value is 0.340. The molecule has 2 rings (SSSR count). The van der Waals surface area contributed by atoms with Gasteiger partial charge in [-0.15, -0.1) is 22.9 Å². The van der Waals surface area contributed by atoms with Crippen LogP contribution in [0.15, 0.2) is 14.7 Å². The van der Waals surface area contributed by atoms with Gasteiger partial charge in [-0.1, -0.05) is 0 Å². The maximum atomic E-state index is 12.6. The fraction of sp³-hybridized carbons (Fsp3) is 0.667. The highest BCUT2D eigenvalue weighted by Gasteiger charge is 2.31. The highest BCUT2D eigenvalue weighted by atomic mass is 79.9. The number of rotatable bonds is 5. The van der Waals surface area contributed by atoms with Gasteiger partial charge in [0.2, 0.25) is 10.0 Å². The molecule has 0 bridgehead atoms. The Morgan fingerprint density at radius 3 is 2.65 bits per heavy atom. The highest BCUT2D eigenvalue weighted by molar-refractivity contribution is 9.11. The topological polar surface area (TPSA) is 46.6 Å². The molecule has 0 N–H and O–H groups in total. The number of halogens is 2. The van der Waals surface area contributed by atoms with Crippen LogP contribution in [0.25, 0.3) is 0 Å². The summed E-state index contributed by atoms with van der Waals surface area (Å²) < 4.78 is 32.9. The van der Waals surface area contributed by atoms with Gasteiger partial charge < -0.3 is 4.74 Å². The van der Waals surface area contributed by atoms with E-state index in [-0.39, 0.29) is 6.10 Å². The lowest BCUT2D eigenvalue weighted by Gasteiger charge is -2.30. The number of alkyl halides is 1. The second-order valence-electron chi connectivity index (χ2n) is 4.54. The first-order valence-corrected chi connectivity index (χ1v) is 10.0. The van der Waals surface area contributed by atoms with Crippen LogP contribution in [0.5, 0.6) is 0 Å². The number of hydrogen-bond donors (Lipinski definition) is 0. The molecule has 20 heavy (non-hydrogen) atoms. The van der Waals surface area contributed by atoms with Crippen molar-refractivity contribution in [3.63, 3.8) is 0 Å². The summed E-state index contributed by atoms with van der Waals surface area (Å²) in [5.74, 6) is 0.325. The van der Waals surface area contributed by atoms with Crippen molar-refractivity contribution in [3.05, 3.63) is 14.7 Å². The Bertz CT molecular complexity index is 553. The van der Waals surface area contributed by atoms with Gasteiger partial charge in [0.05, 0.1) is 15.8 Å². The van der Waals surface area contributed by atoms with Crippen molar-refractivity contribution in [1.82, 2.24) is 4.31 Å². The summed E-state index contributed by atoms with van der Waals surface area (Å²) in [5, 5.41) is 0. The molecule has 0 unspecified atom stereocenters. The summed E-state index contributed by atoms with van der Waals surface area (Å²) >= 11 is 10.5. The first-order valence-electron chi connectivity index (χ1n) is 6.45. The monoisotopic (exact) mass is 401 g/mol. The van der Waals surface area contributed by atoms with E-state index in [9.17, 15) is 8.42 Å².